The number of amidine groups is 1. The maximum atomic E-state index is 13.8. The molecule has 2 aromatic rings. The zero-order valence-corrected chi connectivity index (χ0v) is 15.2. The van der Waals surface area contributed by atoms with E-state index in [9.17, 15) is 13.9 Å². The molecular formula is C18H21F2N4OS+. The fraction of sp³-hybridized carbons (Fsp3) is 0.389. The predicted octanol–water partition coefficient (Wildman–Crippen LogP) is 2.10. The number of anilines is 2. The fourth-order valence-corrected chi connectivity index (χ4v) is 4.44. The molecule has 0 amide bonds. The lowest BCUT2D eigenvalue weighted by molar-refractivity contribution is -0.697. The van der Waals surface area contributed by atoms with E-state index >= 15 is 0 Å². The normalized spacial score (nSPS) is 19.3. The Labute approximate surface area is 154 Å². The number of aliphatic hydroxyl groups excluding tert-OH is 1. The summed E-state index contributed by atoms with van der Waals surface area (Å²) in [7, 11) is 0. The molecule has 4 rings (SSSR count). The molecule has 26 heavy (non-hydrogen) atoms. The van der Waals surface area contributed by atoms with Crippen LogP contribution in [0, 0.1) is 18.6 Å². The summed E-state index contributed by atoms with van der Waals surface area (Å²) >= 11 is 1.57. The molecule has 0 bridgehead atoms. The number of aryl methyl sites for hydroxylation is 1. The van der Waals surface area contributed by atoms with Gasteiger partial charge in [-0.15, -0.1) is 11.3 Å². The number of benzene rings is 1. The molecule has 1 aromatic heterocycles. The highest BCUT2D eigenvalue weighted by Gasteiger charge is 2.29. The van der Waals surface area contributed by atoms with E-state index in [1.807, 2.05) is 6.92 Å². The number of halogens is 2. The van der Waals surface area contributed by atoms with E-state index in [0.717, 1.165) is 53.0 Å². The van der Waals surface area contributed by atoms with Crippen LogP contribution in [-0.4, -0.2) is 48.1 Å². The number of piperazine rings is 1. The maximum absolute atomic E-state index is 13.8. The Morgan fingerprint density at radius 2 is 2.15 bits per heavy atom. The zero-order chi connectivity index (χ0) is 18.3. The lowest BCUT2D eigenvalue weighted by Crippen LogP contribution is -2.95. The molecule has 0 spiro atoms. The molecular weight excluding hydrogens is 358 g/mol. The van der Waals surface area contributed by atoms with E-state index < -0.39 is 11.6 Å². The van der Waals surface area contributed by atoms with Gasteiger partial charge in [0.2, 0.25) is 0 Å². The number of aliphatic imine (C=N–C) groups is 1. The van der Waals surface area contributed by atoms with E-state index in [1.165, 1.54) is 0 Å². The van der Waals surface area contributed by atoms with Crippen LogP contribution in [0.15, 0.2) is 23.2 Å². The van der Waals surface area contributed by atoms with Crippen molar-refractivity contribution in [2.45, 2.75) is 19.4 Å². The van der Waals surface area contributed by atoms with Crippen molar-refractivity contribution in [2.75, 3.05) is 31.6 Å². The third kappa shape index (κ3) is 3.20. The molecule has 1 aromatic carbocycles. The van der Waals surface area contributed by atoms with E-state index in [4.69, 9.17) is 4.99 Å². The zero-order valence-electron chi connectivity index (χ0n) is 14.4. The fourth-order valence-electron chi connectivity index (χ4n) is 3.52. The number of fused-ring (bicyclic) bond motifs is 2. The van der Waals surface area contributed by atoms with Crippen molar-refractivity contribution in [1.29, 1.82) is 0 Å². The highest BCUT2D eigenvalue weighted by Crippen LogP contribution is 2.40. The summed E-state index contributed by atoms with van der Waals surface area (Å²) in [6, 6.07) is 4.65. The van der Waals surface area contributed by atoms with Gasteiger partial charge in [0.1, 0.15) is 16.9 Å². The molecule has 4 N–H and O–H groups in total. The topological polar surface area (TPSA) is 64.5 Å². The van der Waals surface area contributed by atoms with Gasteiger partial charge in [-0.2, -0.15) is 0 Å². The van der Waals surface area contributed by atoms with Crippen LogP contribution in [0.25, 0.3) is 0 Å². The summed E-state index contributed by atoms with van der Waals surface area (Å²) in [6.45, 7) is 4.64. The summed E-state index contributed by atoms with van der Waals surface area (Å²) in [5, 5.41) is 15.6. The summed E-state index contributed by atoms with van der Waals surface area (Å²) in [5.41, 5.74) is 1.82. The number of quaternary nitrogens is 1. The van der Waals surface area contributed by atoms with Gasteiger partial charge in [-0.25, -0.2) is 13.8 Å². The highest BCUT2D eigenvalue weighted by atomic mass is 32.1. The average Bonchev–Trinajstić information content (AvgIpc) is 2.90. The molecule has 3 heterocycles. The van der Waals surface area contributed by atoms with Crippen LogP contribution in [0.3, 0.4) is 0 Å². The second-order valence-corrected chi connectivity index (χ2v) is 7.94. The average molecular weight is 379 g/mol. The standard InChI is InChI=1S/C18H20F2N4OS/c1-10-6-12-17(24-4-3-21-11(9-24)2-5-25)22-15-7-13(19)14(20)8-16(15)23-18(12)26-10/h6-8,11,21,23,25H,2-5,9H2,1H3/p+1/t11-/m0/s1. The Morgan fingerprint density at radius 1 is 1.35 bits per heavy atom. The molecule has 1 fully saturated rings. The molecule has 0 radical (unpaired) electrons. The summed E-state index contributed by atoms with van der Waals surface area (Å²) in [5.74, 6) is -1.02. The Hall–Kier alpha value is -2.03. The molecule has 2 aliphatic heterocycles. The number of hydrogen-bond acceptors (Lipinski definition) is 5. The molecule has 2 aliphatic rings. The van der Waals surface area contributed by atoms with Gasteiger partial charge in [0.15, 0.2) is 11.6 Å². The van der Waals surface area contributed by atoms with Crippen LogP contribution >= 0.6 is 11.3 Å². The number of thiophene rings is 1. The number of rotatable bonds is 2. The Bertz CT molecular complexity index is 865. The number of nitrogens with zero attached hydrogens (tertiary/aromatic N) is 2. The number of nitrogens with two attached hydrogens (primary N) is 1. The van der Waals surface area contributed by atoms with Gasteiger partial charge in [-0.1, -0.05) is 0 Å². The van der Waals surface area contributed by atoms with Crippen molar-refractivity contribution < 1.29 is 19.2 Å². The molecule has 0 saturated carbocycles. The number of aliphatic hydroxyl groups is 1. The van der Waals surface area contributed by atoms with Crippen LogP contribution in [0.5, 0.6) is 0 Å². The first kappa shape index (κ1) is 17.4. The van der Waals surface area contributed by atoms with Crippen molar-refractivity contribution in [3.8, 4) is 0 Å². The number of nitrogens with one attached hydrogen (secondary N) is 1. The third-order valence-electron chi connectivity index (χ3n) is 4.76. The highest BCUT2D eigenvalue weighted by molar-refractivity contribution is 7.16. The number of hydrogen-bond donors (Lipinski definition) is 3. The Kier molecular flexibility index (Phi) is 4.64. The van der Waals surface area contributed by atoms with Gasteiger partial charge in [0.25, 0.3) is 0 Å². The third-order valence-corrected chi connectivity index (χ3v) is 5.73. The Morgan fingerprint density at radius 3 is 2.96 bits per heavy atom. The van der Waals surface area contributed by atoms with Gasteiger partial charge in [-0.3, -0.25) is 0 Å². The van der Waals surface area contributed by atoms with Gasteiger partial charge in [0.05, 0.1) is 36.6 Å². The van der Waals surface area contributed by atoms with Crippen LogP contribution in [0.2, 0.25) is 0 Å². The van der Waals surface area contributed by atoms with Crippen molar-refractivity contribution >= 4 is 33.5 Å². The first-order valence-corrected chi connectivity index (χ1v) is 9.51. The van der Waals surface area contributed by atoms with Crippen LogP contribution in [0.1, 0.15) is 16.9 Å². The van der Waals surface area contributed by atoms with Gasteiger partial charge in [-0.05, 0) is 13.0 Å². The van der Waals surface area contributed by atoms with Crippen molar-refractivity contribution in [3.63, 3.8) is 0 Å². The monoisotopic (exact) mass is 379 g/mol. The first-order valence-electron chi connectivity index (χ1n) is 8.70. The smallest absolute Gasteiger partial charge is 0.161 e. The van der Waals surface area contributed by atoms with Crippen LogP contribution < -0.4 is 10.6 Å². The quantitative estimate of drug-likeness (QED) is 0.749. The van der Waals surface area contributed by atoms with Crippen LogP contribution in [0.4, 0.5) is 25.2 Å². The minimum Gasteiger partial charge on any atom is -0.396 e. The largest absolute Gasteiger partial charge is 0.396 e. The maximum Gasteiger partial charge on any atom is 0.161 e. The van der Waals surface area contributed by atoms with Crippen LogP contribution in [-0.2, 0) is 0 Å². The summed E-state index contributed by atoms with van der Waals surface area (Å²) in [4.78, 5) is 8.02. The second kappa shape index (κ2) is 6.94. The van der Waals surface area contributed by atoms with Gasteiger partial charge in [0, 0.05) is 30.0 Å². The summed E-state index contributed by atoms with van der Waals surface area (Å²) < 4.78 is 27.5. The minimum absolute atomic E-state index is 0.152. The molecule has 138 valence electrons. The second-order valence-electron chi connectivity index (χ2n) is 6.69. The molecule has 1 saturated heterocycles. The van der Waals surface area contributed by atoms with Crippen molar-refractivity contribution in [2.24, 2.45) is 4.99 Å². The van der Waals surface area contributed by atoms with E-state index in [1.54, 1.807) is 11.3 Å². The lowest BCUT2D eigenvalue weighted by atomic mass is 10.1. The van der Waals surface area contributed by atoms with Crippen molar-refractivity contribution in [1.82, 2.24) is 4.90 Å². The SMILES string of the molecule is Cc1cc2c(s1)Nc1cc(F)c(F)cc1N=C2N1CC[NH2+][C@@H](CCO)C1. The minimum atomic E-state index is -0.903. The van der Waals surface area contributed by atoms with Crippen molar-refractivity contribution in [3.05, 3.63) is 40.3 Å². The van der Waals surface area contributed by atoms with Gasteiger partial charge >= 0.3 is 0 Å². The predicted molar refractivity (Wildman–Crippen MR) is 98.7 cm³/mol. The van der Waals surface area contributed by atoms with Gasteiger partial charge < -0.3 is 20.6 Å². The molecule has 1 atom stereocenters. The molecule has 0 aliphatic carbocycles. The lowest BCUT2D eigenvalue weighted by Gasteiger charge is -2.33. The molecule has 5 nitrogen and oxygen atoms in total. The summed E-state index contributed by atoms with van der Waals surface area (Å²) in [6.07, 6.45) is 0.716. The van der Waals surface area contributed by atoms with E-state index in [-0.39, 0.29) is 6.61 Å². The Balaban J connectivity index is 1.79. The van der Waals surface area contributed by atoms with E-state index in [0.29, 0.717) is 23.8 Å². The van der Waals surface area contributed by atoms with E-state index in [2.05, 4.69) is 21.6 Å². The molecule has 8 heteroatoms. The first-order chi connectivity index (χ1) is 12.5. The molecule has 0 unspecified atom stereocenters.